The fourth-order valence-corrected chi connectivity index (χ4v) is 3.44. The number of hydrogen-bond acceptors (Lipinski definition) is 4. The average molecular weight is 488 g/mol. The van der Waals surface area contributed by atoms with Crippen LogP contribution in [0.1, 0.15) is 13.8 Å². The molecule has 2 rings (SSSR count). The second-order valence-electron chi connectivity index (χ2n) is 5.99. The van der Waals surface area contributed by atoms with Crippen molar-refractivity contribution in [2.75, 3.05) is 22.4 Å². The number of hydrogen-bond donors (Lipinski definition) is 1. The summed E-state index contributed by atoms with van der Waals surface area (Å²) in [5.41, 5.74) is 1.02. The first-order valence-electron chi connectivity index (χ1n) is 7.95. The topological polar surface area (TPSA) is 75.7 Å². The highest BCUT2D eigenvalue weighted by atomic mass is 127. The van der Waals surface area contributed by atoms with Gasteiger partial charge in [-0.05, 0) is 85.0 Å². The van der Waals surface area contributed by atoms with E-state index in [1.807, 2.05) is 13.8 Å². The summed E-state index contributed by atoms with van der Waals surface area (Å²) in [4.78, 5) is 12.3. The molecule has 0 saturated carbocycles. The van der Waals surface area contributed by atoms with E-state index in [1.165, 1.54) is 0 Å². The van der Waals surface area contributed by atoms with Gasteiger partial charge in [0.1, 0.15) is 12.3 Å². The molecular formula is C18H21IN2O4S. The highest BCUT2D eigenvalue weighted by molar-refractivity contribution is 14.1. The molecule has 0 bridgehead atoms. The van der Waals surface area contributed by atoms with Gasteiger partial charge in [-0.25, -0.2) is 8.42 Å². The average Bonchev–Trinajstić information content (AvgIpc) is 2.54. The minimum Gasteiger partial charge on any atom is -0.491 e. The maximum atomic E-state index is 12.3. The van der Waals surface area contributed by atoms with Crippen LogP contribution in [0.5, 0.6) is 5.75 Å². The van der Waals surface area contributed by atoms with Crippen LogP contribution in [0.15, 0.2) is 48.5 Å². The lowest BCUT2D eigenvalue weighted by Gasteiger charge is -2.22. The van der Waals surface area contributed by atoms with Crippen LogP contribution in [-0.4, -0.2) is 33.2 Å². The van der Waals surface area contributed by atoms with Gasteiger partial charge >= 0.3 is 0 Å². The Morgan fingerprint density at radius 3 is 2.19 bits per heavy atom. The molecule has 1 N–H and O–H groups in total. The van der Waals surface area contributed by atoms with E-state index in [-0.39, 0.29) is 12.6 Å². The van der Waals surface area contributed by atoms with Crippen LogP contribution in [0, 0.1) is 3.57 Å². The van der Waals surface area contributed by atoms with Gasteiger partial charge in [0.05, 0.1) is 18.0 Å². The zero-order valence-corrected chi connectivity index (χ0v) is 17.7. The summed E-state index contributed by atoms with van der Waals surface area (Å²) in [6, 6.07) is 13.9. The van der Waals surface area contributed by atoms with Crippen molar-refractivity contribution < 1.29 is 17.9 Å². The molecule has 26 heavy (non-hydrogen) atoms. The van der Waals surface area contributed by atoms with Gasteiger partial charge in [0, 0.05) is 9.26 Å². The first kappa shape index (κ1) is 20.5. The van der Waals surface area contributed by atoms with E-state index in [0.29, 0.717) is 17.1 Å². The Labute approximate surface area is 167 Å². The zero-order valence-electron chi connectivity index (χ0n) is 14.8. The van der Waals surface area contributed by atoms with E-state index in [1.54, 1.807) is 48.5 Å². The van der Waals surface area contributed by atoms with Crippen LogP contribution in [0.2, 0.25) is 0 Å². The number of carbonyl (C=O) groups is 1. The lowest BCUT2D eigenvalue weighted by molar-refractivity contribution is -0.114. The normalized spacial score (nSPS) is 11.3. The van der Waals surface area contributed by atoms with Crippen molar-refractivity contribution in [2.24, 2.45) is 0 Å². The lowest BCUT2D eigenvalue weighted by atomic mass is 10.3. The van der Waals surface area contributed by atoms with E-state index in [4.69, 9.17) is 4.74 Å². The molecule has 0 radical (unpaired) electrons. The molecule has 0 unspecified atom stereocenters. The van der Waals surface area contributed by atoms with Crippen LogP contribution in [0.4, 0.5) is 11.4 Å². The standard InChI is InChI=1S/C18H21IN2O4S/c1-13(2)25-17-10-6-15(7-11-17)20-18(22)12-21(26(3,23)24)16-8-4-14(19)5-9-16/h4-11,13H,12H2,1-3H3,(H,20,22). The highest BCUT2D eigenvalue weighted by Gasteiger charge is 2.20. The number of sulfonamides is 1. The molecule has 0 atom stereocenters. The Kier molecular flexibility index (Phi) is 6.87. The van der Waals surface area contributed by atoms with Gasteiger partial charge in [-0.15, -0.1) is 0 Å². The summed E-state index contributed by atoms with van der Waals surface area (Å²) < 4.78 is 31.8. The third kappa shape index (κ3) is 6.17. The fourth-order valence-electron chi connectivity index (χ4n) is 2.23. The van der Waals surface area contributed by atoms with Gasteiger partial charge < -0.3 is 10.1 Å². The molecule has 8 heteroatoms. The van der Waals surface area contributed by atoms with Gasteiger partial charge in [0.15, 0.2) is 0 Å². The van der Waals surface area contributed by atoms with Crippen molar-refractivity contribution in [3.8, 4) is 5.75 Å². The van der Waals surface area contributed by atoms with Gasteiger partial charge in [0.2, 0.25) is 15.9 Å². The van der Waals surface area contributed by atoms with Crippen molar-refractivity contribution in [3.05, 3.63) is 52.1 Å². The van der Waals surface area contributed by atoms with Crippen LogP contribution in [0.3, 0.4) is 0 Å². The minimum absolute atomic E-state index is 0.0627. The van der Waals surface area contributed by atoms with E-state index in [9.17, 15) is 13.2 Å². The number of halogens is 1. The Balaban J connectivity index is 2.09. The molecule has 0 aliphatic carbocycles. The number of ether oxygens (including phenoxy) is 1. The predicted molar refractivity (Wildman–Crippen MR) is 112 cm³/mol. The van der Waals surface area contributed by atoms with Gasteiger partial charge in [-0.3, -0.25) is 9.10 Å². The van der Waals surface area contributed by atoms with E-state index in [2.05, 4.69) is 27.9 Å². The van der Waals surface area contributed by atoms with E-state index < -0.39 is 15.9 Å². The number of rotatable bonds is 7. The summed E-state index contributed by atoms with van der Waals surface area (Å²) in [5, 5.41) is 2.70. The maximum absolute atomic E-state index is 12.3. The van der Waals surface area contributed by atoms with Gasteiger partial charge in [0.25, 0.3) is 0 Å². The molecule has 1 amide bonds. The Bertz CT molecular complexity index is 850. The molecule has 0 aliphatic heterocycles. The molecular weight excluding hydrogens is 467 g/mol. The number of amides is 1. The molecule has 0 aromatic heterocycles. The van der Waals surface area contributed by atoms with Gasteiger partial charge in [-0.2, -0.15) is 0 Å². The molecule has 2 aromatic carbocycles. The summed E-state index contributed by atoms with van der Waals surface area (Å²) in [7, 11) is -3.59. The third-order valence-corrected chi connectivity index (χ3v) is 5.17. The number of carbonyl (C=O) groups excluding carboxylic acids is 1. The van der Waals surface area contributed by atoms with Crippen LogP contribution < -0.4 is 14.4 Å². The second-order valence-corrected chi connectivity index (χ2v) is 9.14. The number of benzene rings is 2. The van der Waals surface area contributed by atoms with Crippen molar-refractivity contribution in [1.29, 1.82) is 0 Å². The Morgan fingerprint density at radius 2 is 1.69 bits per heavy atom. The summed E-state index contributed by atoms with van der Waals surface area (Å²) in [6.45, 7) is 3.56. The molecule has 2 aromatic rings. The quantitative estimate of drug-likeness (QED) is 0.606. The van der Waals surface area contributed by atoms with Crippen molar-refractivity contribution >= 4 is 49.9 Å². The lowest BCUT2D eigenvalue weighted by Crippen LogP contribution is -2.37. The smallest absolute Gasteiger partial charge is 0.245 e. The molecule has 0 heterocycles. The SMILES string of the molecule is CC(C)Oc1ccc(NC(=O)CN(c2ccc(I)cc2)S(C)(=O)=O)cc1. The summed E-state index contributed by atoms with van der Waals surface area (Å²) >= 11 is 2.13. The first-order valence-corrected chi connectivity index (χ1v) is 10.9. The van der Waals surface area contributed by atoms with Gasteiger partial charge in [-0.1, -0.05) is 0 Å². The molecule has 0 fully saturated rings. The van der Waals surface area contributed by atoms with Crippen LogP contribution >= 0.6 is 22.6 Å². The van der Waals surface area contributed by atoms with Crippen LogP contribution in [0.25, 0.3) is 0 Å². The second kappa shape index (κ2) is 8.72. The third-order valence-electron chi connectivity index (χ3n) is 3.31. The molecule has 6 nitrogen and oxygen atoms in total. The molecule has 140 valence electrons. The molecule has 0 aliphatic rings. The van der Waals surface area contributed by atoms with Crippen molar-refractivity contribution in [1.82, 2.24) is 0 Å². The van der Waals surface area contributed by atoms with E-state index in [0.717, 1.165) is 14.1 Å². The number of anilines is 2. The predicted octanol–water partition coefficient (Wildman–Crippen LogP) is 3.48. The number of nitrogens with zero attached hydrogens (tertiary/aromatic N) is 1. The fraction of sp³-hybridized carbons (Fsp3) is 0.278. The monoisotopic (exact) mass is 488 g/mol. The van der Waals surface area contributed by atoms with Crippen LogP contribution in [-0.2, 0) is 14.8 Å². The summed E-state index contributed by atoms with van der Waals surface area (Å²) in [5.74, 6) is 0.279. The summed E-state index contributed by atoms with van der Waals surface area (Å²) in [6.07, 6.45) is 1.14. The Morgan fingerprint density at radius 1 is 1.12 bits per heavy atom. The zero-order chi connectivity index (χ0) is 19.3. The van der Waals surface area contributed by atoms with Crippen molar-refractivity contribution in [3.63, 3.8) is 0 Å². The Hall–Kier alpha value is -1.81. The number of nitrogens with one attached hydrogen (secondary N) is 1. The molecule has 0 saturated heterocycles. The molecule has 0 spiro atoms. The minimum atomic E-state index is -3.59. The van der Waals surface area contributed by atoms with Crippen molar-refractivity contribution in [2.45, 2.75) is 20.0 Å². The van der Waals surface area contributed by atoms with E-state index >= 15 is 0 Å². The maximum Gasteiger partial charge on any atom is 0.245 e. The first-order chi connectivity index (χ1) is 12.1. The highest BCUT2D eigenvalue weighted by Crippen LogP contribution is 2.20. The largest absolute Gasteiger partial charge is 0.491 e.